The molecule has 2 aromatic heterocycles. The van der Waals surface area contributed by atoms with Crippen LogP contribution in [-0.2, 0) is 6.18 Å². The number of halogens is 3. The van der Waals surface area contributed by atoms with Crippen LogP contribution < -0.4 is 5.73 Å². The number of hydrogen-bond donors (Lipinski definition) is 1. The van der Waals surface area contributed by atoms with Crippen molar-refractivity contribution in [2.24, 2.45) is 0 Å². The van der Waals surface area contributed by atoms with E-state index >= 15 is 0 Å². The van der Waals surface area contributed by atoms with Gasteiger partial charge in [0.1, 0.15) is 11.8 Å². The van der Waals surface area contributed by atoms with Crippen LogP contribution in [0, 0.1) is 18.3 Å². The monoisotopic (exact) mass is 355 g/mol. The van der Waals surface area contributed by atoms with Crippen LogP contribution in [0.25, 0.3) is 22.4 Å². The number of aromatic nitrogens is 3. The third-order valence-corrected chi connectivity index (χ3v) is 3.61. The first-order chi connectivity index (χ1) is 12.3. The van der Waals surface area contributed by atoms with E-state index in [2.05, 4.69) is 15.0 Å². The van der Waals surface area contributed by atoms with Crippen LogP contribution in [-0.4, -0.2) is 15.0 Å². The molecule has 0 saturated carbocycles. The highest BCUT2D eigenvalue weighted by molar-refractivity contribution is 5.84. The van der Waals surface area contributed by atoms with Gasteiger partial charge in [-0.3, -0.25) is 0 Å². The van der Waals surface area contributed by atoms with Crippen molar-refractivity contribution in [3.63, 3.8) is 0 Å². The van der Waals surface area contributed by atoms with Crippen LogP contribution in [0.15, 0.2) is 42.5 Å². The number of pyridine rings is 1. The number of nitrogens with zero attached hydrogens (tertiary/aromatic N) is 4. The lowest BCUT2D eigenvalue weighted by molar-refractivity contribution is -0.141. The predicted molar refractivity (Wildman–Crippen MR) is 89.6 cm³/mol. The summed E-state index contributed by atoms with van der Waals surface area (Å²) in [6, 6.07) is 13.0. The Bertz CT molecular complexity index is 1010. The van der Waals surface area contributed by atoms with Gasteiger partial charge in [0.25, 0.3) is 0 Å². The fraction of sp³-hybridized carbons (Fsp3) is 0.111. The summed E-state index contributed by atoms with van der Waals surface area (Å²) in [7, 11) is 0. The smallest absolute Gasteiger partial charge is 0.368 e. The maximum Gasteiger partial charge on any atom is 0.433 e. The summed E-state index contributed by atoms with van der Waals surface area (Å²) in [4.78, 5) is 11.6. The van der Waals surface area contributed by atoms with E-state index in [9.17, 15) is 18.4 Å². The molecule has 8 heteroatoms. The highest BCUT2D eigenvalue weighted by Crippen LogP contribution is 2.36. The van der Waals surface area contributed by atoms with E-state index in [-0.39, 0.29) is 34.2 Å². The van der Waals surface area contributed by atoms with Gasteiger partial charge in [-0.15, -0.1) is 0 Å². The van der Waals surface area contributed by atoms with Gasteiger partial charge in [-0.05, 0) is 24.6 Å². The van der Waals surface area contributed by atoms with Crippen molar-refractivity contribution in [2.45, 2.75) is 13.1 Å². The van der Waals surface area contributed by atoms with E-state index in [0.29, 0.717) is 5.56 Å². The van der Waals surface area contributed by atoms with Crippen molar-refractivity contribution in [3.05, 3.63) is 59.5 Å². The molecule has 0 atom stereocenters. The number of aryl methyl sites for hydroxylation is 1. The lowest BCUT2D eigenvalue weighted by Gasteiger charge is -2.14. The molecule has 2 heterocycles. The quantitative estimate of drug-likeness (QED) is 0.751. The molecule has 2 N–H and O–H groups in total. The topological polar surface area (TPSA) is 88.5 Å². The van der Waals surface area contributed by atoms with E-state index in [1.807, 2.05) is 6.07 Å². The summed E-state index contributed by atoms with van der Waals surface area (Å²) < 4.78 is 39.5. The molecule has 130 valence electrons. The molecule has 0 aliphatic heterocycles. The molecule has 0 amide bonds. The number of nitrogen functional groups attached to an aromatic ring is 1. The molecule has 5 nitrogen and oxygen atoms in total. The van der Waals surface area contributed by atoms with E-state index in [1.165, 1.54) is 13.0 Å². The highest BCUT2D eigenvalue weighted by atomic mass is 19.4. The van der Waals surface area contributed by atoms with E-state index in [1.54, 1.807) is 30.3 Å². The highest BCUT2D eigenvalue weighted by Gasteiger charge is 2.33. The lowest BCUT2D eigenvalue weighted by Crippen LogP contribution is -2.10. The number of alkyl halides is 3. The minimum Gasteiger partial charge on any atom is -0.368 e. The summed E-state index contributed by atoms with van der Waals surface area (Å²) in [5, 5.41) is 9.44. The Morgan fingerprint density at radius 2 is 1.69 bits per heavy atom. The number of nitriles is 1. The first kappa shape index (κ1) is 17.4. The van der Waals surface area contributed by atoms with Gasteiger partial charge in [0.15, 0.2) is 5.69 Å². The van der Waals surface area contributed by atoms with Crippen molar-refractivity contribution in [2.75, 3.05) is 5.73 Å². The van der Waals surface area contributed by atoms with Gasteiger partial charge in [0.2, 0.25) is 5.95 Å². The number of nitrogens with two attached hydrogens (primary N) is 1. The van der Waals surface area contributed by atoms with Gasteiger partial charge in [-0.2, -0.15) is 18.4 Å². The molecule has 3 aromatic rings. The molecule has 0 spiro atoms. The third-order valence-electron chi connectivity index (χ3n) is 3.61. The summed E-state index contributed by atoms with van der Waals surface area (Å²) in [5.41, 5.74) is 5.92. The van der Waals surface area contributed by atoms with Gasteiger partial charge >= 0.3 is 6.18 Å². The van der Waals surface area contributed by atoms with Crippen molar-refractivity contribution < 1.29 is 13.2 Å². The van der Waals surface area contributed by atoms with Crippen LogP contribution in [0.1, 0.15) is 17.1 Å². The Kier molecular flexibility index (Phi) is 4.30. The average molecular weight is 355 g/mol. The largest absolute Gasteiger partial charge is 0.433 e. The van der Waals surface area contributed by atoms with Gasteiger partial charge in [-0.1, -0.05) is 30.3 Å². The number of hydrogen-bond acceptors (Lipinski definition) is 5. The molecule has 1 aromatic carbocycles. The molecular formula is C18H12F3N5. The van der Waals surface area contributed by atoms with Crippen molar-refractivity contribution in [3.8, 4) is 28.5 Å². The minimum atomic E-state index is -4.62. The number of benzene rings is 1. The average Bonchev–Trinajstić information content (AvgIpc) is 2.60. The van der Waals surface area contributed by atoms with Gasteiger partial charge < -0.3 is 5.73 Å². The predicted octanol–water partition coefficient (Wildman–Crippen LogP) is 3.99. The Balaban J connectivity index is 2.36. The molecular weight excluding hydrogens is 343 g/mol. The molecule has 0 bridgehead atoms. The Morgan fingerprint density at radius 1 is 1.00 bits per heavy atom. The third kappa shape index (κ3) is 3.32. The van der Waals surface area contributed by atoms with Gasteiger partial charge in [-0.25, -0.2) is 15.0 Å². The molecule has 0 fully saturated rings. The zero-order valence-electron chi connectivity index (χ0n) is 13.5. The van der Waals surface area contributed by atoms with Crippen LogP contribution in [0.3, 0.4) is 0 Å². The zero-order chi connectivity index (χ0) is 18.9. The van der Waals surface area contributed by atoms with E-state index in [0.717, 1.165) is 6.07 Å². The summed E-state index contributed by atoms with van der Waals surface area (Å²) in [5.74, 6) is -0.133. The Labute approximate surface area is 147 Å². The van der Waals surface area contributed by atoms with Crippen LogP contribution in [0.2, 0.25) is 0 Å². The second-order valence-electron chi connectivity index (χ2n) is 5.51. The number of anilines is 1. The van der Waals surface area contributed by atoms with E-state index in [4.69, 9.17) is 5.73 Å². The lowest BCUT2D eigenvalue weighted by atomic mass is 9.97. The molecule has 3 rings (SSSR count). The molecule has 0 radical (unpaired) electrons. The fourth-order valence-electron chi connectivity index (χ4n) is 2.60. The second-order valence-corrected chi connectivity index (χ2v) is 5.51. The number of rotatable bonds is 2. The van der Waals surface area contributed by atoms with Crippen LogP contribution in [0.4, 0.5) is 19.1 Å². The minimum absolute atomic E-state index is 0.102. The zero-order valence-corrected chi connectivity index (χ0v) is 13.5. The first-order valence-electron chi connectivity index (χ1n) is 7.49. The first-order valence-corrected chi connectivity index (χ1v) is 7.49. The molecule has 0 aliphatic carbocycles. The normalized spacial score (nSPS) is 11.2. The Morgan fingerprint density at radius 3 is 2.31 bits per heavy atom. The summed E-state index contributed by atoms with van der Waals surface area (Å²) >= 11 is 0. The van der Waals surface area contributed by atoms with Crippen molar-refractivity contribution >= 4 is 5.95 Å². The fourth-order valence-corrected chi connectivity index (χ4v) is 2.60. The van der Waals surface area contributed by atoms with Crippen molar-refractivity contribution in [1.29, 1.82) is 5.26 Å². The maximum absolute atomic E-state index is 13.2. The van der Waals surface area contributed by atoms with Gasteiger partial charge in [0.05, 0.1) is 5.69 Å². The van der Waals surface area contributed by atoms with E-state index < -0.39 is 11.9 Å². The van der Waals surface area contributed by atoms with Crippen LogP contribution in [0.5, 0.6) is 0 Å². The SMILES string of the molecule is Cc1cc(-c2c(C#N)nc(N)nc2-c2ccccc2)cc(C(F)(F)F)n1. The Hall–Kier alpha value is -3.47. The second kappa shape index (κ2) is 6.44. The molecule has 0 saturated heterocycles. The standard InChI is InChI=1S/C18H12F3N5/c1-10-7-12(8-14(24-10)18(19,20)21)15-13(9-22)25-17(23)26-16(15)11-5-3-2-4-6-11/h2-8H,1H3,(H2,23,25,26). The molecule has 26 heavy (non-hydrogen) atoms. The molecule has 0 aliphatic rings. The molecule has 0 unspecified atom stereocenters. The van der Waals surface area contributed by atoms with Crippen LogP contribution >= 0.6 is 0 Å². The van der Waals surface area contributed by atoms with Gasteiger partial charge in [0, 0.05) is 16.8 Å². The maximum atomic E-state index is 13.2. The summed E-state index contributed by atoms with van der Waals surface area (Å²) in [6.07, 6.45) is -4.62. The van der Waals surface area contributed by atoms with Crippen molar-refractivity contribution in [1.82, 2.24) is 15.0 Å². The summed E-state index contributed by atoms with van der Waals surface area (Å²) in [6.45, 7) is 1.45.